The summed E-state index contributed by atoms with van der Waals surface area (Å²) in [7, 11) is 0. The molecule has 2 nitrogen and oxygen atoms in total. The number of nitrogens with zero attached hydrogens (tertiary/aromatic N) is 1. The highest BCUT2D eigenvalue weighted by Gasteiger charge is 2.37. The summed E-state index contributed by atoms with van der Waals surface area (Å²) in [5, 5.41) is 2.33. The molecular weight excluding hydrogens is 498 g/mol. The van der Waals surface area contributed by atoms with Gasteiger partial charge in [0.05, 0.1) is 0 Å². The molecule has 6 aromatic carbocycles. The van der Waals surface area contributed by atoms with Gasteiger partial charge in [-0.1, -0.05) is 109 Å². The van der Waals surface area contributed by atoms with E-state index in [9.17, 15) is 0 Å². The Morgan fingerprint density at radius 2 is 1.00 bits per heavy atom. The zero-order chi connectivity index (χ0) is 26.9. The van der Waals surface area contributed by atoms with Crippen LogP contribution >= 0.6 is 0 Å². The fourth-order valence-electron chi connectivity index (χ4n) is 7.12. The second-order valence-electron chi connectivity index (χ2n) is 11.3. The molecule has 0 spiro atoms. The Morgan fingerprint density at radius 1 is 0.463 bits per heavy atom. The van der Waals surface area contributed by atoms with E-state index in [0.717, 1.165) is 40.5 Å². The van der Waals surface area contributed by atoms with Crippen molar-refractivity contribution in [2.45, 2.75) is 18.9 Å². The number of rotatable bonds is 3. The lowest BCUT2D eigenvalue weighted by Gasteiger charge is -2.21. The molecule has 1 aromatic heterocycles. The third-order valence-electron chi connectivity index (χ3n) is 8.98. The number of benzene rings is 6. The Bertz CT molecular complexity index is 2110. The van der Waals surface area contributed by atoms with Crippen molar-refractivity contribution in [2.75, 3.05) is 4.90 Å². The van der Waals surface area contributed by atoms with E-state index >= 15 is 0 Å². The molecule has 0 bridgehead atoms. The van der Waals surface area contributed by atoms with Crippen molar-refractivity contribution in [1.82, 2.24) is 0 Å². The van der Waals surface area contributed by atoms with Gasteiger partial charge in [0.25, 0.3) is 0 Å². The lowest BCUT2D eigenvalue weighted by molar-refractivity contribution is 0.671. The second kappa shape index (κ2) is 8.71. The molecule has 2 aliphatic rings. The van der Waals surface area contributed by atoms with Crippen molar-refractivity contribution in [2.24, 2.45) is 0 Å². The number of hydrogen-bond donors (Lipinski definition) is 0. The lowest BCUT2D eigenvalue weighted by atomic mass is 9.96. The Balaban J connectivity index is 1.12. The molecule has 0 saturated heterocycles. The predicted molar refractivity (Wildman–Crippen MR) is 170 cm³/mol. The second-order valence-corrected chi connectivity index (χ2v) is 11.3. The molecule has 3 heterocycles. The highest BCUT2D eigenvalue weighted by atomic mass is 16.3. The number of fused-ring (bicyclic) bond motifs is 8. The fourth-order valence-corrected chi connectivity index (χ4v) is 7.12. The highest BCUT2D eigenvalue weighted by Crippen LogP contribution is 2.48. The van der Waals surface area contributed by atoms with Gasteiger partial charge in [-0.15, -0.1) is 0 Å². The van der Waals surface area contributed by atoms with Crippen LogP contribution < -0.4 is 4.90 Å². The van der Waals surface area contributed by atoms with E-state index in [1.807, 2.05) is 0 Å². The van der Waals surface area contributed by atoms with Crippen molar-refractivity contribution in [3.63, 3.8) is 0 Å². The molecule has 0 amide bonds. The summed E-state index contributed by atoms with van der Waals surface area (Å²) >= 11 is 0. The minimum Gasteiger partial charge on any atom is -0.455 e. The number of hydrogen-bond acceptors (Lipinski definition) is 2. The van der Waals surface area contributed by atoms with Crippen molar-refractivity contribution < 1.29 is 4.42 Å². The van der Waals surface area contributed by atoms with Crippen molar-refractivity contribution in [3.8, 4) is 33.4 Å². The maximum absolute atomic E-state index is 6.70. The number of anilines is 2. The molecule has 0 N–H and O–H groups in total. The maximum atomic E-state index is 6.70. The molecule has 0 saturated carbocycles. The molecule has 2 aliphatic heterocycles. The summed E-state index contributed by atoms with van der Waals surface area (Å²) in [4.78, 5) is 2.57. The van der Waals surface area contributed by atoms with Crippen molar-refractivity contribution >= 4 is 33.3 Å². The van der Waals surface area contributed by atoms with Gasteiger partial charge >= 0.3 is 0 Å². The first-order valence-electron chi connectivity index (χ1n) is 14.4. The molecule has 194 valence electrons. The Morgan fingerprint density at radius 3 is 1.63 bits per heavy atom. The molecular formula is C39H27NO. The molecule has 7 aromatic rings. The van der Waals surface area contributed by atoms with E-state index in [-0.39, 0.29) is 0 Å². The van der Waals surface area contributed by atoms with E-state index < -0.39 is 0 Å². The summed E-state index contributed by atoms with van der Waals surface area (Å²) in [6.45, 7) is 0. The Hall–Kier alpha value is -5.08. The lowest BCUT2D eigenvalue weighted by Crippen LogP contribution is -2.22. The van der Waals surface area contributed by atoms with Gasteiger partial charge in [-0.2, -0.15) is 0 Å². The topological polar surface area (TPSA) is 16.4 Å². The quantitative estimate of drug-likeness (QED) is 0.228. The van der Waals surface area contributed by atoms with Crippen LogP contribution in [0.4, 0.5) is 11.4 Å². The van der Waals surface area contributed by atoms with Gasteiger partial charge in [0.2, 0.25) is 0 Å². The normalized spacial score (nSPS) is 15.3. The van der Waals surface area contributed by atoms with Gasteiger partial charge < -0.3 is 9.32 Å². The average Bonchev–Trinajstić information content (AvgIpc) is 3.70. The molecule has 0 fully saturated rings. The van der Waals surface area contributed by atoms with Gasteiger partial charge in [-0.05, 0) is 70.5 Å². The van der Waals surface area contributed by atoms with Crippen LogP contribution in [0, 0.1) is 0 Å². The first-order chi connectivity index (χ1) is 20.3. The SMILES string of the molecule is c1ccc(-c2ccc3c(c2)CC2Cc4cc(-c5cccc6c5oc5c(-c7ccccc7)cccc56)ccc4N32)cc1. The first-order valence-corrected chi connectivity index (χ1v) is 14.4. The zero-order valence-electron chi connectivity index (χ0n) is 22.5. The molecule has 41 heavy (non-hydrogen) atoms. The summed E-state index contributed by atoms with van der Waals surface area (Å²) in [6.07, 6.45) is 2.15. The fraction of sp³-hybridized carbons (Fsp3) is 0.0769. The van der Waals surface area contributed by atoms with Gasteiger partial charge in [-0.3, -0.25) is 0 Å². The van der Waals surface area contributed by atoms with E-state index in [1.165, 1.54) is 50.1 Å². The highest BCUT2D eigenvalue weighted by molar-refractivity contribution is 6.13. The third kappa shape index (κ3) is 3.44. The first kappa shape index (κ1) is 22.7. The van der Waals surface area contributed by atoms with Crippen molar-refractivity contribution in [3.05, 3.63) is 145 Å². The van der Waals surface area contributed by atoms with Gasteiger partial charge in [-0.25, -0.2) is 0 Å². The molecule has 0 aliphatic carbocycles. The largest absolute Gasteiger partial charge is 0.455 e. The van der Waals surface area contributed by atoms with Gasteiger partial charge in [0.15, 0.2) is 0 Å². The summed E-state index contributed by atoms with van der Waals surface area (Å²) in [6, 6.07) is 48.7. The molecule has 2 heteroatoms. The van der Waals surface area contributed by atoms with Gasteiger partial charge in [0, 0.05) is 39.3 Å². The Kier molecular flexibility index (Phi) is 4.82. The zero-order valence-corrected chi connectivity index (χ0v) is 22.5. The Labute approximate surface area is 239 Å². The van der Waals surface area contributed by atoms with Crippen LogP contribution in [0.3, 0.4) is 0 Å². The summed E-state index contributed by atoms with van der Waals surface area (Å²) in [5.74, 6) is 0. The van der Waals surface area contributed by atoms with Crippen LogP contribution in [0.25, 0.3) is 55.3 Å². The van der Waals surface area contributed by atoms with Crippen molar-refractivity contribution in [1.29, 1.82) is 0 Å². The van der Waals surface area contributed by atoms with Crippen LogP contribution in [0.1, 0.15) is 11.1 Å². The third-order valence-corrected chi connectivity index (χ3v) is 8.98. The molecule has 9 rings (SSSR count). The minimum absolute atomic E-state index is 0.483. The van der Waals surface area contributed by atoms with E-state index in [0.29, 0.717) is 6.04 Å². The van der Waals surface area contributed by atoms with Crippen LogP contribution in [0.2, 0.25) is 0 Å². The monoisotopic (exact) mass is 525 g/mol. The number of para-hydroxylation sites is 2. The van der Waals surface area contributed by atoms with E-state index in [2.05, 4.69) is 138 Å². The van der Waals surface area contributed by atoms with Crippen LogP contribution in [-0.2, 0) is 12.8 Å². The predicted octanol–water partition coefficient (Wildman–Crippen LogP) is 10.2. The molecule has 0 radical (unpaired) electrons. The minimum atomic E-state index is 0.483. The number of furan rings is 1. The smallest absolute Gasteiger partial charge is 0.143 e. The maximum Gasteiger partial charge on any atom is 0.143 e. The van der Waals surface area contributed by atoms with Crippen LogP contribution in [0.5, 0.6) is 0 Å². The van der Waals surface area contributed by atoms with Crippen LogP contribution in [0.15, 0.2) is 138 Å². The van der Waals surface area contributed by atoms with Crippen LogP contribution in [-0.4, -0.2) is 6.04 Å². The summed E-state index contributed by atoms with van der Waals surface area (Å²) in [5.41, 5.74) is 14.7. The molecule has 1 unspecified atom stereocenters. The summed E-state index contributed by atoms with van der Waals surface area (Å²) < 4.78 is 6.70. The van der Waals surface area contributed by atoms with Gasteiger partial charge in [0.1, 0.15) is 11.2 Å². The average molecular weight is 526 g/mol. The molecule has 1 atom stereocenters. The van der Waals surface area contributed by atoms with E-state index in [1.54, 1.807) is 0 Å². The van der Waals surface area contributed by atoms with E-state index in [4.69, 9.17) is 4.42 Å². The standard InChI is InChI=1S/C39H27NO/c1-3-9-25(10-4-1)27-17-19-36-29(21-27)23-31-24-30-22-28(18-20-37(30)40(31)36)33-14-8-16-35-34-15-7-13-32(38(34)41-39(33)35)26-11-5-2-6-12-26/h1-22,31H,23-24H2.